The molecule has 0 aromatic heterocycles. The van der Waals surface area contributed by atoms with Gasteiger partial charge in [-0.1, -0.05) is 121 Å². The highest BCUT2D eigenvalue weighted by molar-refractivity contribution is 5.70. The highest BCUT2D eigenvalue weighted by Crippen LogP contribution is 2.11. The standard InChI is InChI=1S/C37H66O5/c1-3-5-7-9-11-13-15-17-18-20-21-23-25-27-29-31-36(39)41-34-35(33-38)42-37(40)32-30-28-26-24-22-19-16-14-12-10-8-6-4-2/h11,13-14,16-18,35,38H,3-10,12,15,19-34H2,1-2H3/b13-11-,16-14-,18-17-. The molecule has 0 aliphatic carbocycles. The number of allylic oxidation sites excluding steroid dienone is 6. The number of carbonyl (C=O) groups excluding carboxylic acids is 2. The maximum Gasteiger partial charge on any atom is 0.306 e. The molecule has 0 amide bonds. The van der Waals surface area contributed by atoms with Gasteiger partial charge in [-0.25, -0.2) is 0 Å². The molecule has 42 heavy (non-hydrogen) atoms. The molecule has 244 valence electrons. The summed E-state index contributed by atoms with van der Waals surface area (Å²) < 4.78 is 10.5. The van der Waals surface area contributed by atoms with Crippen LogP contribution in [0, 0.1) is 0 Å². The lowest BCUT2D eigenvalue weighted by atomic mass is 10.1. The second-order valence-corrected chi connectivity index (χ2v) is 11.6. The Kier molecular flexibility index (Phi) is 32.1. The molecule has 0 saturated heterocycles. The Balaban J connectivity index is 3.62. The van der Waals surface area contributed by atoms with E-state index in [0.29, 0.717) is 12.8 Å². The molecule has 0 spiro atoms. The van der Waals surface area contributed by atoms with Crippen molar-refractivity contribution in [3.8, 4) is 0 Å². The summed E-state index contributed by atoms with van der Waals surface area (Å²) in [5.41, 5.74) is 0. The summed E-state index contributed by atoms with van der Waals surface area (Å²) in [4.78, 5) is 24.1. The summed E-state index contributed by atoms with van der Waals surface area (Å²) in [7, 11) is 0. The van der Waals surface area contributed by atoms with Crippen LogP contribution in [0.4, 0.5) is 0 Å². The molecule has 1 unspecified atom stereocenters. The number of aliphatic hydroxyl groups is 1. The monoisotopic (exact) mass is 590 g/mol. The van der Waals surface area contributed by atoms with E-state index in [4.69, 9.17) is 9.47 Å². The minimum Gasteiger partial charge on any atom is -0.462 e. The first-order valence-electron chi connectivity index (χ1n) is 17.5. The van der Waals surface area contributed by atoms with Crippen LogP contribution in [-0.2, 0) is 19.1 Å². The van der Waals surface area contributed by atoms with Crippen molar-refractivity contribution in [2.45, 2.75) is 174 Å². The fourth-order valence-corrected chi connectivity index (χ4v) is 4.69. The van der Waals surface area contributed by atoms with Crippen molar-refractivity contribution in [3.63, 3.8) is 0 Å². The number of ether oxygens (including phenoxy) is 2. The maximum atomic E-state index is 12.1. The van der Waals surface area contributed by atoms with Crippen LogP contribution in [0.5, 0.6) is 0 Å². The average molecular weight is 591 g/mol. The zero-order valence-corrected chi connectivity index (χ0v) is 27.5. The van der Waals surface area contributed by atoms with E-state index in [1.807, 2.05) is 0 Å². The lowest BCUT2D eigenvalue weighted by Crippen LogP contribution is -2.28. The van der Waals surface area contributed by atoms with Crippen LogP contribution in [-0.4, -0.2) is 36.4 Å². The van der Waals surface area contributed by atoms with E-state index in [2.05, 4.69) is 50.3 Å². The van der Waals surface area contributed by atoms with E-state index >= 15 is 0 Å². The van der Waals surface area contributed by atoms with Gasteiger partial charge in [-0.15, -0.1) is 0 Å². The fraction of sp³-hybridized carbons (Fsp3) is 0.784. The summed E-state index contributed by atoms with van der Waals surface area (Å²) in [6, 6.07) is 0. The van der Waals surface area contributed by atoms with Gasteiger partial charge >= 0.3 is 11.9 Å². The molecule has 0 aliphatic heterocycles. The smallest absolute Gasteiger partial charge is 0.306 e. The van der Waals surface area contributed by atoms with Gasteiger partial charge in [0.25, 0.3) is 0 Å². The van der Waals surface area contributed by atoms with E-state index in [9.17, 15) is 14.7 Å². The first-order valence-corrected chi connectivity index (χ1v) is 17.5. The normalized spacial score (nSPS) is 12.5. The van der Waals surface area contributed by atoms with E-state index < -0.39 is 6.10 Å². The quantitative estimate of drug-likeness (QED) is 0.0494. The average Bonchev–Trinajstić information content (AvgIpc) is 2.99. The van der Waals surface area contributed by atoms with Crippen molar-refractivity contribution in [2.24, 2.45) is 0 Å². The van der Waals surface area contributed by atoms with Crippen LogP contribution < -0.4 is 0 Å². The second kappa shape index (κ2) is 33.6. The molecule has 0 radical (unpaired) electrons. The van der Waals surface area contributed by atoms with Crippen LogP contribution >= 0.6 is 0 Å². The van der Waals surface area contributed by atoms with Gasteiger partial charge in [-0.05, 0) is 70.6 Å². The van der Waals surface area contributed by atoms with Gasteiger partial charge in [-0.2, -0.15) is 0 Å². The van der Waals surface area contributed by atoms with Crippen molar-refractivity contribution < 1.29 is 24.2 Å². The number of hydrogen-bond acceptors (Lipinski definition) is 5. The molecule has 1 atom stereocenters. The summed E-state index contributed by atoms with van der Waals surface area (Å²) in [6.45, 7) is 4.06. The predicted octanol–water partition coefficient (Wildman–Crippen LogP) is 10.5. The predicted molar refractivity (Wildman–Crippen MR) is 178 cm³/mol. The number of rotatable bonds is 31. The highest BCUT2D eigenvalue weighted by atomic mass is 16.6. The van der Waals surface area contributed by atoms with Gasteiger partial charge in [0.05, 0.1) is 6.61 Å². The largest absolute Gasteiger partial charge is 0.462 e. The Morgan fingerprint density at radius 2 is 0.952 bits per heavy atom. The van der Waals surface area contributed by atoms with E-state index in [0.717, 1.165) is 57.8 Å². The van der Waals surface area contributed by atoms with E-state index in [1.54, 1.807) is 0 Å². The van der Waals surface area contributed by atoms with Gasteiger partial charge in [0.2, 0.25) is 0 Å². The molecule has 0 bridgehead atoms. The minimum atomic E-state index is -0.778. The first-order chi connectivity index (χ1) is 20.6. The number of carbonyl (C=O) groups is 2. The topological polar surface area (TPSA) is 72.8 Å². The van der Waals surface area contributed by atoms with Crippen LogP contribution in [0.25, 0.3) is 0 Å². The zero-order chi connectivity index (χ0) is 30.8. The van der Waals surface area contributed by atoms with Gasteiger partial charge in [-0.3, -0.25) is 9.59 Å². The maximum absolute atomic E-state index is 12.1. The molecule has 1 N–H and O–H groups in total. The van der Waals surface area contributed by atoms with Crippen LogP contribution in [0.1, 0.15) is 168 Å². The van der Waals surface area contributed by atoms with Crippen molar-refractivity contribution in [1.82, 2.24) is 0 Å². The Morgan fingerprint density at radius 3 is 1.48 bits per heavy atom. The summed E-state index contributed by atoms with van der Waals surface area (Å²) >= 11 is 0. The van der Waals surface area contributed by atoms with E-state index in [-0.39, 0.29) is 25.2 Å². The fourth-order valence-electron chi connectivity index (χ4n) is 4.69. The third kappa shape index (κ3) is 31.1. The summed E-state index contributed by atoms with van der Waals surface area (Å²) in [5, 5.41) is 9.51. The zero-order valence-electron chi connectivity index (χ0n) is 27.5. The summed E-state index contributed by atoms with van der Waals surface area (Å²) in [5.74, 6) is -0.619. The van der Waals surface area contributed by atoms with Crippen molar-refractivity contribution in [2.75, 3.05) is 13.2 Å². The molecule has 0 saturated carbocycles. The molecule has 5 nitrogen and oxygen atoms in total. The van der Waals surface area contributed by atoms with Gasteiger partial charge in [0.1, 0.15) is 6.61 Å². The Hall–Kier alpha value is -1.88. The van der Waals surface area contributed by atoms with Gasteiger partial charge < -0.3 is 14.6 Å². The Labute approximate surface area is 259 Å². The number of hydrogen-bond donors (Lipinski definition) is 1. The molecule has 0 fully saturated rings. The number of esters is 2. The molecule has 0 rings (SSSR count). The second-order valence-electron chi connectivity index (χ2n) is 11.6. The molecular weight excluding hydrogens is 524 g/mol. The lowest BCUT2D eigenvalue weighted by molar-refractivity contribution is -0.161. The van der Waals surface area contributed by atoms with Gasteiger partial charge in [0.15, 0.2) is 6.10 Å². The number of unbranched alkanes of at least 4 members (excludes halogenated alkanes) is 17. The van der Waals surface area contributed by atoms with Gasteiger partial charge in [0, 0.05) is 12.8 Å². The van der Waals surface area contributed by atoms with Crippen LogP contribution in [0.3, 0.4) is 0 Å². The highest BCUT2D eigenvalue weighted by Gasteiger charge is 2.16. The molecule has 5 heteroatoms. The van der Waals surface area contributed by atoms with Crippen molar-refractivity contribution in [3.05, 3.63) is 36.5 Å². The minimum absolute atomic E-state index is 0.0759. The Morgan fingerprint density at radius 1 is 0.548 bits per heavy atom. The molecule has 0 heterocycles. The van der Waals surface area contributed by atoms with Crippen molar-refractivity contribution >= 4 is 11.9 Å². The summed E-state index contributed by atoms with van der Waals surface area (Å²) in [6.07, 6.45) is 39.0. The first kappa shape index (κ1) is 40.1. The lowest BCUT2D eigenvalue weighted by Gasteiger charge is -2.15. The van der Waals surface area contributed by atoms with Crippen LogP contribution in [0.2, 0.25) is 0 Å². The van der Waals surface area contributed by atoms with E-state index in [1.165, 1.54) is 83.5 Å². The molecule has 0 aromatic carbocycles. The van der Waals surface area contributed by atoms with Crippen LogP contribution in [0.15, 0.2) is 36.5 Å². The van der Waals surface area contributed by atoms with Crippen molar-refractivity contribution in [1.29, 1.82) is 0 Å². The molecule has 0 aliphatic rings. The SMILES string of the molecule is CCCCC/C=C\C/C=C\CCCCCCCC(=O)OCC(CO)OC(=O)CCCCCCC/C=C\CCCCCC. The third-order valence-electron chi connectivity index (χ3n) is 7.41. The molecule has 0 aromatic rings. The Bertz CT molecular complexity index is 682. The number of aliphatic hydroxyl groups excluding tert-OH is 1. The third-order valence-corrected chi connectivity index (χ3v) is 7.41. The molecular formula is C37H66O5.